The Kier molecular flexibility index (Phi) is 7.37. The van der Waals surface area contributed by atoms with Crippen LogP contribution in [-0.2, 0) is 17.6 Å². The van der Waals surface area contributed by atoms with E-state index < -0.39 is 0 Å². The molecule has 0 saturated carbocycles. The number of ether oxygens (including phenoxy) is 6. The molecule has 2 aromatic rings. The topological polar surface area (TPSA) is 72.5 Å². The van der Waals surface area contributed by atoms with Crippen LogP contribution in [-0.4, -0.2) is 48.4 Å². The van der Waals surface area contributed by atoms with Crippen molar-refractivity contribution in [3.05, 3.63) is 35.4 Å². The number of carbonyl (C=O) groups is 1. The minimum absolute atomic E-state index is 0.0176. The Morgan fingerprint density at radius 2 is 0.929 bits per heavy atom. The van der Waals surface area contributed by atoms with E-state index in [9.17, 15) is 4.79 Å². The summed E-state index contributed by atoms with van der Waals surface area (Å²) in [6.45, 7) is 0. The molecule has 0 aliphatic heterocycles. The van der Waals surface area contributed by atoms with Crippen molar-refractivity contribution in [2.75, 3.05) is 42.7 Å². The number of benzene rings is 2. The van der Waals surface area contributed by atoms with Crippen molar-refractivity contribution < 1.29 is 33.2 Å². The van der Waals surface area contributed by atoms with Crippen molar-refractivity contribution in [2.24, 2.45) is 0 Å². The van der Waals surface area contributed by atoms with E-state index in [1.54, 1.807) is 38.5 Å². The summed E-state index contributed by atoms with van der Waals surface area (Å²) in [4.78, 5) is 12.8. The first-order valence-electron chi connectivity index (χ1n) is 8.61. The van der Waals surface area contributed by atoms with E-state index in [0.29, 0.717) is 45.6 Å². The molecule has 0 amide bonds. The number of carbonyl (C=O) groups excluding carboxylic acids is 1. The fourth-order valence-corrected chi connectivity index (χ4v) is 3.09. The second kappa shape index (κ2) is 9.73. The van der Waals surface area contributed by atoms with Gasteiger partial charge in [-0.25, -0.2) is 0 Å². The van der Waals surface area contributed by atoms with Crippen LogP contribution in [0.3, 0.4) is 0 Å². The number of methoxy groups -OCH3 is 6. The first-order valence-corrected chi connectivity index (χ1v) is 8.61. The van der Waals surface area contributed by atoms with E-state index in [1.165, 1.54) is 28.4 Å². The maximum Gasteiger partial charge on any atom is 0.203 e. The molecule has 0 radical (unpaired) electrons. The summed E-state index contributed by atoms with van der Waals surface area (Å²) in [6, 6.07) is 7.09. The second-order valence-corrected chi connectivity index (χ2v) is 5.88. The molecule has 7 heteroatoms. The van der Waals surface area contributed by atoms with Crippen LogP contribution >= 0.6 is 0 Å². The Morgan fingerprint density at radius 3 is 1.21 bits per heavy atom. The monoisotopic (exact) mass is 390 g/mol. The van der Waals surface area contributed by atoms with Gasteiger partial charge >= 0.3 is 0 Å². The Morgan fingerprint density at radius 1 is 0.571 bits per heavy atom. The van der Waals surface area contributed by atoms with Gasteiger partial charge in [0.15, 0.2) is 23.0 Å². The van der Waals surface area contributed by atoms with Crippen LogP contribution in [0.1, 0.15) is 11.1 Å². The summed E-state index contributed by atoms with van der Waals surface area (Å²) in [7, 11) is 9.21. The number of ketones is 1. The van der Waals surface area contributed by atoms with E-state index in [4.69, 9.17) is 28.4 Å². The molecule has 0 unspecified atom stereocenters. The van der Waals surface area contributed by atoms with Crippen LogP contribution in [0.5, 0.6) is 34.5 Å². The third-order valence-electron chi connectivity index (χ3n) is 4.35. The number of hydrogen-bond acceptors (Lipinski definition) is 7. The van der Waals surface area contributed by atoms with Crippen molar-refractivity contribution in [1.29, 1.82) is 0 Å². The third kappa shape index (κ3) is 4.24. The third-order valence-corrected chi connectivity index (χ3v) is 4.35. The van der Waals surface area contributed by atoms with Gasteiger partial charge in [0.05, 0.1) is 42.7 Å². The van der Waals surface area contributed by atoms with Gasteiger partial charge in [0, 0.05) is 24.0 Å². The zero-order chi connectivity index (χ0) is 20.7. The van der Waals surface area contributed by atoms with Crippen LogP contribution in [0.4, 0.5) is 0 Å². The molecule has 0 spiro atoms. The van der Waals surface area contributed by atoms with Gasteiger partial charge < -0.3 is 28.4 Å². The fraction of sp³-hybridized carbons (Fsp3) is 0.381. The Balaban J connectivity index is 2.30. The van der Waals surface area contributed by atoms with E-state index in [0.717, 1.165) is 0 Å². The highest BCUT2D eigenvalue weighted by Crippen LogP contribution is 2.41. The molecule has 0 aliphatic rings. The predicted octanol–water partition coefficient (Wildman–Crippen LogP) is 3.09. The summed E-state index contributed by atoms with van der Waals surface area (Å²) in [5, 5.41) is 0. The summed E-state index contributed by atoms with van der Waals surface area (Å²) in [5.41, 5.74) is 1.43. The van der Waals surface area contributed by atoms with Crippen molar-refractivity contribution in [3.8, 4) is 34.5 Å². The molecule has 7 nitrogen and oxygen atoms in total. The van der Waals surface area contributed by atoms with Crippen LogP contribution < -0.4 is 28.4 Å². The molecule has 0 aliphatic carbocycles. The second-order valence-electron chi connectivity index (χ2n) is 5.88. The summed E-state index contributed by atoms with van der Waals surface area (Å²) in [6.07, 6.45) is 0.335. The molecule has 152 valence electrons. The van der Waals surface area contributed by atoms with Crippen molar-refractivity contribution >= 4 is 5.78 Å². The van der Waals surface area contributed by atoms with Gasteiger partial charge in [-0.2, -0.15) is 0 Å². The summed E-state index contributed by atoms with van der Waals surface area (Å²) in [5.74, 6) is 2.94. The van der Waals surface area contributed by atoms with Gasteiger partial charge in [-0.05, 0) is 12.1 Å². The number of Topliss-reactive ketones (excluding diaryl/α,β-unsaturated/α-hetero) is 1. The molecule has 0 N–H and O–H groups in total. The lowest BCUT2D eigenvalue weighted by Gasteiger charge is -2.17. The quantitative estimate of drug-likeness (QED) is 0.617. The van der Waals surface area contributed by atoms with E-state index in [2.05, 4.69) is 0 Å². The highest BCUT2D eigenvalue weighted by molar-refractivity contribution is 5.85. The first-order chi connectivity index (χ1) is 13.5. The van der Waals surface area contributed by atoms with Crippen molar-refractivity contribution in [3.63, 3.8) is 0 Å². The Hall–Kier alpha value is -3.09. The molecule has 0 bridgehead atoms. The van der Waals surface area contributed by atoms with Crippen molar-refractivity contribution in [2.45, 2.75) is 12.8 Å². The molecule has 0 saturated heterocycles. The fourth-order valence-electron chi connectivity index (χ4n) is 3.09. The maximum absolute atomic E-state index is 12.8. The van der Waals surface area contributed by atoms with Gasteiger partial charge in [0.25, 0.3) is 0 Å². The highest BCUT2D eigenvalue weighted by atomic mass is 16.5. The van der Waals surface area contributed by atoms with E-state index in [-0.39, 0.29) is 18.6 Å². The van der Waals surface area contributed by atoms with Crippen LogP contribution in [0, 0.1) is 0 Å². The molecular formula is C21H26O7. The minimum atomic E-state index is -0.0176. The lowest BCUT2D eigenvalue weighted by atomic mass is 10.0. The molecule has 2 rings (SSSR count). The highest BCUT2D eigenvalue weighted by Gasteiger charge is 2.21. The van der Waals surface area contributed by atoms with Crippen LogP contribution in [0.15, 0.2) is 24.3 Å². The van der Waals surface area contributed by atoms with E-state index in [1.807, 2.05) is 0 Å². The standard InChI is InChI=1S/C21H26O7/c1-23-16-9-7-13(18(25-3)20(16)27-5)11-15(22)12-14-8-10-17(24-2)21(28-6)19(14)26-4/h7-10H,11-12H2,1-6H3. The average Bonchev–Trinajstić information content (AvgIpc) is 2.72. The normalized spacial score (nSPS) is 10.2. The van der Waals surface area contributed by atoms with Gasteiger partial charge in [-0.15, -0.1) is 0 Å². The summed E-state index contributed by atoms with van der Waals surface area (Å²) < 4.78 is 32.2. The van der Waals surface area contributed by atoms with Crippen LogP contribution in [0.2, 0.25) is 0 Å². The Bertz CT molecular complexity index is 762. The predicted molar refractivity (Wildman–Crippen MR) is 105 cm³/mol. The molecule has 0 atom stereocenters. The van der Waals surface area contributed by atoms with Crippen LogP contribution in [0.25, 0.3) is 0 Å². The maximum atomic E-state index is 12.8. The molecular weight excluding hydrogens is 364 g/mol. The molecule has 0 fully saturated rings. The minimum Gasteiger partial charge on any atom is -0.493 e. The average molecular weight is 390 g/mol. The van der Waals surface area contributed by atoms with Gasteiger partial charge in [-0.3, -0.25) is 4.79 Å². The molecule has 2 aromatic carbocycles. The largest absolute Gasteiger partial charge is 0.493 e. The number of rotatable bonds is 10. The smallest absolute Gasteiger partial charge is 0.203 e. The summed E-state index contributed by atoms with van der Waals surface area (Å²) >= 11 is 0. The van der Waals surface area contributed by atoms with E-state index >= 15 is 0 Å². The SMILES string of the molecule is COc1ccc(CC(=O)Cc2ccc(OC)c(OC)c2OC)c(OC)c1OC. The number of hydrogen-bond donors (Lipinski definition) is 0. The van der Waals surface area contributed by atoms with Crippen molar-refractivity contribution in [1.82, 2.24) is 0 Å². The zero-order valence-electron chi connectivity index (χ0n) is 17.1. The lowest BCUT2D eigenvalue weighted by Crippen LogP contribution is -2.10. The van der Waals surface area contributed by atoms with Gasteiger partial charge in [-0.1, -0.05) is 12.1 Å². The molecule has 28 heavy (non-hydrogen) atoms. The van der Waals surface area contributed by atoms with Gasteiger partial charge in [0.1, 0.15) is 5.78 Å². The molecule has 0 heterocycles. The molecule has 0 aromatic heterocycles. The zero-order valence-corrected chi connectivity index (χ0v) is 17.1. The first kappa shape index (κ1) is 21.2. The lowest BCUT2D eigenvalue weighted by molar-refractivity contribution is -0.117. The Labute approximate surface area is 165 Å². The van der Waals surface area contributed by atoms with Gasteiger partial charge in [0.2, 0.25) is 11.5 Å².